The molecule has 0 saturated heterocycles. The normalized spacial score (nSPS) is 26.5. The summed E-state index contributed by atoms with van der Waals surface area (Å²) in [4.78, 5) is 34.9. The molecule has 2 aromatic carbocycles. The SMILES string of the molecule is CN(C=O)C1CC(F)(F)C1.C[C@@H]1N=C(C23CC(N(C)Cc4ccc(O)c(Cl)c4)(C2)C3)NC1(C)C.Cc1ccccc1.O=C=O. The van der Waals surface area contributed by atoms with E-state index < -0.39 is 5.92 Å². The Kier molecular flexibility index (Phi) is 11.0. The van der Waals surface area contributed by atoms with Crippen molar-refractivity contribution in [3.63, 3.8) is 0 Å². The van der Waals surface area contributed by atoms with Gasteiger partial charge in [0.1, 0.15) is 11.6 Å². The van der Waals surface area contributed by atoms with Gasteiger partial charge in [0.2, 0.25) is 6.41 Å². The van der Waals surface area contributed by atoms with Crippen molar-refractivity contribution >= 4 is 30.0 Å². The number of hydrogen-bond acceptors (Lipinski definition) is 7. The molecule has 8 nitrogen and oxygen atoms in total. The van der Waals surface area contributed by atoms with Crippen molar-refractivity contribution in [2.24, 2.45) is 10.4 Å². The minimum Gasteiger partial charge on any atom is -0.506 e. The standard InChI is InChI=1S/C19H26ClN3O.C7H8.C6H9F2NO.CO2/c1-12-17(2,3)22-16(21-12)18-9-19(10-18,11-18)23(4)8-13-5-6-15(24)14(20)7-13;1-7-5-3-2-4-6-7;1-9(4-10)5-2-6(7,8)3-5;2-1-3/h5-7,12,24H,8-11H2,1-4H3,(H,21,22);2-6H,1H3;4-5H,2-3H2,1H3;/t12-,18?,19?;;;/m0.../s1. The number of aryl methyl sites for hydroxylation is 1. The summed E-state index contributed by atoms with van der Waals surface area (Å²) in [5.74, 6) is -1.14. The van der Waals surface area contributed by atoms with Crippen molar-refractivity contribution in [3.8, 4) is 5.75 Å². The minimum atomic E-state index is -2.53. The maximum atomic E-state index is 12.1. The molecule has 7 rings (SSSR count). The Hall–Kier alpha value is -3.33. The summed E-state index contributed by atoms with van der Waals surface area (Å²) < 4.78 is 24.3. The molecule has 2 N–H and O–H groups in total. The third-order valence-corrected chi connectivity index (χ3v) is 9.61. The molecule has 5 aliphatic rings. The average Bonchev–Trinajstić information content (AvgIpc) is 3.16. The number of alkyl halides is 2. The van der Waals surface area contributed by atoms with Crippen LogP contribution in [0.25, 0.3) is 0 Å². The lowest BCUT2D eigenvalue weighted by Crippen LogP contribution is -2.77. The molecular formula is C33H43ClF2N4O4. The number of carbonyl (C=O) groups is 1. The highest BCUT2D eigenvalue weighted by Gasteiger charge is 2.72. The number of halogens is 3. The van der Waals surface area contributed by atoms with Crippen LogP contribution in [0.1, 0.15) is 64.0 Å². The first kappa shape index (κ1) is 35.2. The van der Waals surface area contributed by atoms with E-state index in [1.165, 1.54) is 42.6 Å². The van der Waals surface area contributed by atoms with Gasteiger partial charge in [0.15, 0.2) is 0 Å². The maximum Gasteiger partial charge on any atom is 0.373 e. The predicted molar refractivity (Wildman–Crippen MR) is 166 cm³/mol. The van der Waals surface area contributed by atoms with E-state index in [1.54, 1.807) is 6.07 Å². The Morgan fingerprint density at radius 1 is 1.09 bits per heavy atom. The molecule has 0 radical (unpaired) electrons. The Labute approximate surface area is 263 Å². The molecule has 2 bridgehead atoms. The third kappa shape index (κ3) is 8.03. The zero-order chi connectivity index (χ0) is 32.9. The third-order valence-electron chi connectivity index (χ3n) is 9.31. The van der Waals surface area contributed by atoms with Gasteiger partial charge in [0.25, 0.3) is 5.92 Å². The zero-order valence-corrected chi connectivity index (χ0v) is 27.0. The molecule has 1 aliphatic heterocycles. The van der Waals surface area contributed by atoms with Crippen LogP contribution in [0, 0.1) is 12.3 Å². The van der Waals surface area contributed by atoms with Crippen LogP contribution in [-0.4, -0.2) is 76.5 Å². The van der Waals surface area contributed by atoms with Gasteiger partial charge in [-0.25, -0.2) is 8.78 Å². The van der Waals surface area contributed by atoms with Crippen LogP contribution in [0.3, 0.4) is 0 Å². The molecule has 240 valence electrons. The number of aliphatic imine (C=N–C) groups is 1. The monoisotopic (exact) mass is 632 g/mol. The van der Waals surface area contributed by atoms with Crippen molar-refractivity contribution < 1.29 is 28.3 Å². The number of aromatic hydroxyl groups is 1. The van der Waals surface area contributed by atoms with Crippen LogP contribution in [0.15, 0.2) is 53.5 Å². The second-order valence-corrected chi connectivity index (χ2v) is 13.5. The van der Waals surface area contributed by atoms with Gasteiger partial charge in [-0.1, -0.05) is 53.6 Å². The minimum absolute atomic E-state index is 0.0760. The van der Waals surface area contributed by atoms with Crippen molar-refractivity contribution in [1.29, 1.82) is 0 Å². The molecule has 2 aromatic rings. The first-order valence-electron chi connectivity index (χ1n) is 14.6. The molecule has 4 saturated carbocycles. The lowest BCUT2D eigenvalue weighted by atomic mass is 9.38. The van der Waals surface area contributed by atoms with Crippen LogP contribution in [0.4, 0.5) is 8.78 Å². The summed E-state index contributed by atoms with van der Waals surface area (Å²) in [5.41, 5.74) is 3.15. The molecule has 0 spiro atoms. The Balaban J connectivity index is 0.000000216. The molecule has 1 amide bonds. The van der Waals surface area contributed by atoms with E-state index in [0.717, 1.165) is 12.1 Å². The number of phenols is 1. The van der Waals surface area contributed by atoms with E-state index in [4.69, 9.17) is 26.2 Å². The van der Waals surface area contributed by atoms with Crippen molar-refractivity contribution in [1.82, 2.24) is 15.1 Å². The van der Waals surface area contributed by atoms with Crippen LogP contribution < -0.4 is 5.32 Å². The number of rotatable bonds is 6. The Morgan fingerprint density at radius 2 is 1.66 bits per heavy atom. The van der Waals surface area contributed by atoms with Crippen molar-refractivity contribution in [2.45, 2.75) is 95.4 Å². The highest BCUT2D eigenvalue weighted by atomic mass is 35.5. The summed E-state index contributed by atoms with van der Waals surface area (Å²) in [6, 6.07) is 15.8. The van der Waals surface area contributed by atoms with Crippen LogP contribution in [0.5, 0.6) is 5.75 Å². The molecule has 11 heteroatoms. The summed E-state index contributed by atoms with van der Waals surface area (Å²) >= 11 is 6.03. The van der Waals surface area contributed by atoms with E-state index in [9.17, 15) is 18.7 Å². The van der Waals surface area contributed by atoms with Gasteiger partial charge in [0.05, 0.1) is 16.6 Å². The molecule has 4 aliphatic carbocycles. The van der Waals surface area contributed by atoms with Gasteiger partial charge in [-0.15, -0.1) is 0 Å². The number of hydrogen-bond donors (Lipinski definition) is 2. The molecular weight excluding hydrogens is 590 g/mol. The molecule has 0 unspecified atom stereocenters. The number of amides is 1. The zero-order valence-electron chi connectivity index (χ0n) is 26.2. The van der Waals surface area contributed by atoms with Gasteiger partial charge >= 0.3 is 6.15 Å². The summed E-state index contributed by atoms with van der Waals surface area (Å²) in [6.45, 7) is 9.60. The van der Waals surface area contributed by atoms with Crippen molar-refractivity contribution in [3.05, 3.63) is 64.7 Å². The topological polar surface area (TPSA) is 102 Å². The van der Waals surface area contributed by atoms with E-state index in [1.807, 2.05) is 30.3 Å². The second kappa shape index (κ2) is 13.8. The molecule has 44 heavy (non-hydrogen) atoms. The highest BCUT2D eigenvalue weighted by Crippen LogP contribution is 2.70. The number of amidine groups is 1. The van der Waals surface area contributed by atoms with E-state index >= 15 is 0 Å². The lowest BCUT2D eigenvalue weighted by Gasteiger charge is -2.73. The Bertz CT molecular complexity index is 1340. The Morgan fingerprint density at radius 3 is 2.07 bits per heavy atom. The highest BCUT2D eigenvalue weighted by molar-refractivity contribution is 6.32. The molecule has 0 aromatic heterocycles. The van der Waals surface area contributed by atoms with Crippen LogP contribution in [0.2, 0.25) is 5.02 Å². The maximum absolute atomic E-state index is 12.1. The second-order valence-electron chi connectivity index (χ2n) is 13.1. The summed E-state index contributed by atoms with van der Waals surface area (Å²) in [6.07, 6.45) is 4.05. The van der Waals surface area contributed by atoms with Gasteiger partial charge in [-0.2, -0.15) is 9.59 Å². The fraction of sp³-hybridized carbons (Fsp3) is 0.545. The van der Waals surface area contributed by atoms with Crippen molar-refractivity contribution in [2.75, 3.05) is 14.1 Å². The van der Waals surface area contributed by atoms with E-state index in [-0.39, 0.29) is 36.3 Å². The molecule has 1 atom stereocenters. The quantitative estimate of drug-likeness (QED) is 0.387. The van der Waals surface area contributed by atoms with Gasteiger partial charge in [-0.3, -0.25) is 14.7 Å². The number of nitrogens with zero attached hydrogens (tertiary/aromatic N) is 3. The number of carbonyl (C=O) groups excluding carboxylic acids is 3. The van der Waals surface area contributed by atoms with Crippen LogP contribution >= 0.6 is 11.6 Å². The average molecular weight is 633 g/mol. The van der Waals surface area contributed by atoms with E-state index in [0.29, 0.717) is 28.4 Å². The summed E-state index contributed by atoms with van der Waals surface area (Å²) in [5, 5.41) is 13.6. The molecule has 4 fully saturated rings. The smallest absolute Gasteiger partial charge is 0.373 e. The van der Waals surface area contributed by atoms with Gasteiger partial charge in [0, 0.05) is 43.4 Å². The molecule has 1 heterocycles. The summed E-state index contributed by atoms with van der Waals surface area (Å²) in [7, 11) is 3.72. The fourth-order valence-electron chi connectivity index (χ4n) is 6.09. The predicted octanol–water partition coefficient (Wildman–Crippen LogP) is 5.85. The first-order chi connectivity index (χ1) is 20.5. The fourth-order valence-corrected chi connectivity index (χ4v) is 6.29. The number of phenolic OH excluding ortho intramolecular Hbond substituents is 1. The first-order valence-corrected chi connectivity index (χ1v) is 15.0. The van der Waals surface area contributed by atoms with Gasteiger partial charge in [-0.05, 0) is 71.7 Å². The largest absolute Gasteiger partial charge is 0.506 e. The van der Waals surface area contributed by atoms with Crippen LogP contribution in [-0.2, 0) is 20.9 Å². The number of benzene rings is 2. The van der Waals surface area contributed by atoms with Gasteiger partial charge < -0.3 is 15.3 Å². The lowest BCUT2D eigenvalue weighted by molar-refractivity contribution is -0.191. The van der Waals surface area contributed by atoms with E-state index in [2.05, 4.69) is 57.1 Å². The number of nitrogens with one attached hydrogen (secondary N) is 1.